The molecule has 1 aliphatic rings. The summed E-state index contributed by atoms with van der Waals surface area (Å²) in [6.07, 6.45) is 12.1. The number of aromatic nitrogens is 2. The summed E-state index contributed by atoms with van der Waals surface area (Å²) >= 11 is 0. The standard InChI is InChI=1S/C14H25N3/c1-3-17-9-8-16-14(17)11-13(15-2)10-12-6-4-5-7-12/h8-9,12-13,15H,3-7,10-11H2,1-2H3. The highest BCUT2D eigenvalue weighted by Gasteiger charge is 2.20. The number of aryl methyl sites for hydroxylation is 1. The van der Waals surface area contributed by atoms with Gasteiger partial charge in [0.05, 0.1) is 0 Å². The normalized spacial score (nSPS) is 18.7. The molecule has 17 heavy (non-hydrogen) atoms. The van der Waals surface area contributed by atoms with E-state index in [4.69, 9.17) is 0 Å². The van der Waals surface area contributed by atoms with Crippen molar-refractivity contribution < 1.29 is 0 Å². The Labute approximate surface area is 105 Å². The molecule has 0 radical (unpaired) electrons. The molecule has 1 saturated carbocycles. The van der Waals surface area contributed by atoms with Crippen molar-refractivity contribution >= 4 is 0 Å². The van der Waals surface area contributed by atoms with Gasteiger partial charge >= 0.3 is 0 Å². The lowest BCUT2D eigenvalue weighted by molar-refractivity contribution is 0.395. The highest BCUT2D eigenvalue weighted by molar-refractivity contribution is 4.95. The first-order valence-corrected chi connectivity index (χ1v) is 7.00. The molecule has 0 spiro atoms. The third kappa shape index (κ3) is 3.32. The first kappa shape index (κ1) is 12.6. The summed E-state index contributed by atoms with van der Waals surface area (Å²) in [7, 11) is 2.08. The van der Waals surface area contributed by atoms with E-state index in [0.717, 1.165) is 18.9 Å². The smallest absolute Gasteiger partial charge is 0.110 e. The number of nitrogens with zero attached hydrogens (tertiary/aromatic N) is 2. The first-order chi connectivity index (χ1) is 8.33. The van der Waals surface area contributed by atoms with E-state index in [1.54, 1.807) is 0 Å². The highest BCUT2D eigenvalue weighted by Crippen LogP contribution is 2.29. The molecule has 0 saturated heterocycles. The molecule has 2 rings (SSSR count). The van der Waals surface area contributed by atoms with Gasteiger partial charge in [-0.1, -0.05) is 25.7 Å². The van der Waals surface area contributed by atoms with Crippen LogP contribution in [0.1, 0.15) is 44.9 Å². The van der Waals surface area contributed by atoms with Crippen molar-refractivity contribution in [2.24, 2.45) is 5.92 Å². The van der Waals surface area contributed by atoms with Crippen molar-refractivity contribution in [1.29, 1.82) is 0 Å². The molecule has 0 bridgehead atoms. The SMILES string of the molecule is CCn1ccnc1CC(CC1CCCC1)NC. The van der Waals surface area contributed by atoms with Crippen molar-refractivity contribution in [1.82, 2.24) is 14.9 Å². The van der Waals surface area contributed by atoms with E-state index in [9.17, 15) is 0 Å². The predicted octanol–water partition coefficient (Wildman–Crippen LogP) is 2.61. The second kappa shape index (κ2) is 6.20. The summed E-state index contributed by atoms with van der Waals surface area (Å²) in [5, 5.41) is 3.47. The van der Waals surface area contributed by atoms with Gasteiger partial charge in [-0.15, -0.1) is 0 Å². The Morgan fingerprint density at radius 3 is 2.88 bits per heavy atom. The quantitative estimate of drug-likeness (QED) is 0.821. The van der Waals surface area contributed by atoms with Crippen LogP contribution in [-0.2, 0) is 13.0 Å². The van der Waals surface area contributed by atoms with Gasteiger partial charge in [-0.3, -0.25) is 0 Å². The maximum atomic E-state index is 4.47. The second-order valence-electron chi connectivity index (χ2n) is 5.21. The Hall–Kier alpha value is -0.830. The van der Waals surface area contributed by atoms with E-state index < -0.39 is 0 Å². The van der Waals surface area contributed by atoms with Gasteiger partial charge in [0.1, 0.15) is 5.82 Å². The van der Waals surface area contributed by atoms with Gasteiger partial charge in [0, 0.05) is 31.4 Å². The zero-order chi connectivity index (χ0) is 12.1. The molecule has 1 N–H and O–H groups in total. The average Bonchev–Trinajstić information content (AvgIpc) is 2.99. The van der Waals surface area contributed by atoms with E-state index in [1.807, 2.05) is 6.20 Å². The van der Waals surface area contributed by atoms with E-state index >= 15 is 0 Å². The first-order valence-electron chi connectivity index (χ1n) is 7.00. The molecule has 1 fully saturated rings. The molecule has 1 heterocycles. The van der Waals surface area contributed by atoms with Crippen molar-refractivity contribution in [3.05, 3.63) is 18.2 Å². The third-order valence-electron chi connectivity index (χ3n) is 4.07. The number of hydrogen-bond acceptors (Lipinski definition) is 2. The molecular weight excluding hydrogens is 210 g/mol. The minimum Gasteiger partial charge on any atom is -0.335 e. The lowest BCUT2D eigenvalue weighted by Gasteiger charge is -2.20. The predicted molar refractivity (Wildman–Crippen MR) is 71.0 cm³/mol. The van der Waals surface area contributed by atoms with Gasteiger partial charge in [-0.2, -0.15) is 0 Å². The number of rotatable bonds is 6. The minimum absolute atomic E-state index is 0.589. The second-order valence-corrected chi connectivity index (χ2v) is 5.21. The molecule has 3 heteroatoms. The molecule has 0 aromatic carbocycles. The number of hydrogen-bond donors (Lipinski definition) is 1. The van der Waals surface area contributed by atoms with Gasteiger partial charge in [-0.25, -0.2) is 4.98 Å². The van der Waals surface area contributed by atoms with Crippen LogP contribution in [0.25, 0.3) is 0 Å². The fourth-order valence-corrected chi connectivity index (χ4v) is 2.99. The topological polar surface area (TPSA) is 29.9 Å². The van der Waals surface area contributed by atoms with E-state index in [-0.39, 0.29) is 0 Å². The van der Waals surface area contributed by atoms with Crippen LogP contribution < -0.4 is 5.32 Å². The largest absolute Gasteiger partial charge is 0.335 e. The Morgan fingerprint density at radius 2 is 2.24 bits per heavy atom. The molecule has 1 atom stereocenters. The molecule has 0 amide bonds. The Balaban J connectivity index is 1.90. The minimum atomic E-state index is 0.589. The maximum Gasteiger partial charge on any atom is 0.110 e. The van der Waals surface area contributed by atoms with Crippen molar-refractivity contribution in [2.75, 3.05) is 7.05 Å². The van der Waals surface area contributed by atoms with Crippen LogP contribution in [0.5, 0.6) is 0 Å². The fourth-order valence-electron chi connectivity index (χ4n) is 2.99. The maximum absolute atomic E-state index is 4.47. The van der Waals surface area contributed by atoms with Gasteiger partial charge in [0.15, 0.2) is 0 Å². The summed E-state index contributed by atoms with van der Waals surface area (Å²) in [4.78, 5) is 4.47. The van der Waals surface area contributed by atoms with Gasteiger partial charge in [0.2, 0.25) is 0 Å². The van der Waals surface area contributed by atoms with Crippen molar-refractivity contribution in [3.63, 3.8) is 0 Å². The molecule has 96 valence electrons. The third-order valence-corrected chi connectivity index (χ3v) is 4.07. The fraction of sp³-hybridized carbons (Fsp3) is 0.786. The van der Waals surface area contributed by atoms with Crippen LogP contribution in [0.2, 0.25) is 0 Å². The van der Waals surface area contributed by atoms with Crippen LogP contribution in [0.4, 0.5) is 0 Å². The molecule has 3 nitrogen and oxygen atoms in total. The summed E-state index contributed by atoms with van der Waals surface area (Å²) in [5.74, 6) is 2.17. The molecule has 1 unspecified atom stereocenters. The van der Waals surface area contributed by atoms with Crippen LogP contribution in [0.15, 0.2) is 12.4 Å². The summed E-state index contributed by atoms with van der Waals surface area (Å²) in [6, 6.07) is 0.589. The number of imidazole rings is 1. The Kier molecular flexibility index (Phi) is 4.60. The summed E-state index contributed by atoms with van der Waals surface area (Å²) < 4.78 is 2.25. The van der Waals surface area contributed by atoms with Crippen molar-refractivity contribution in [3.8, 4) is 0 Å². The van der Waals surface area contributed by atoms with Crippen LogP contribution >= 0.6 is 0 Å². The van der Waals surface area contributed by atoms with Crippen molar-refractivity contribution in [2.45, 2.75) is 58.0 Å². The Bertz CT molecular complexity index is 326. The molecule has 0 aliphatic heterocycles. The van der Waals surface area contributed by atoms with E-state index in [0.29, 0.717) is 6.04 Å². The van der Waals surface area contributed by atoms with E-state index in [2.05, 4.69) is 35.0 Å². The van der Waals surface area contributed by atoms with Crippen LogP contribution in [-0.4, -0.2) is 22.6 Å². The van der Waals surface area contributed by atoms with Gasteiger partial charge in [-0.05, 0) is 26.3 Å². The molecular formula is C14H25N3. The zero-order valence-corrected chi connectivity index (χ0v) is 11.2. The lowest BCUT2D eigenvalue weighted by atomic mass is 9.96. The molecule has 1 aromatic rings. The van der Waals surface area contributed by atoms with Crippen LogP contribution in [0, 0.1) is 5.92 Å². The zero-order valence-electron chi connectivity index (χ0n) is 11.2. The summed E-state index contributed by atoms with van der Waals surface area (Å²) in [6.45, 7) is 3.20. The summed E-state index contributed by atoms with van der Waals surface area (Å²) in [5.41, 5.74) is 0. The average molecular weight is 235 g/mol. The van der Waals surface area contributed by atoms with Gasteiger partial charge in [0.25, 0.3) is 0 Å². The van der Waals surface area contributed by atoms with Gasteiger partial charge < -0.3 is 9.88 Å². The highest BCUT2D eigenvalue weighted by atomic mass is 15.1. The van der Waals surface area contributed by atoms with Crippen LogP contribution in [0.3, 0.4) is 0 Å². The lowest BCUT2D eigenvalue weighted by Crippen LogP contribution is -2.30. The number of nitrogens with one attached hydrogen (secondary N) is 1. The number of likely N-dealkylation sites (N-methyl/N-ethyl adjacent to an activating group) is 1. The molecule has 1 aliphatic carbocycles. The Morgan fingerprint density at radius 1 is 1.47 bits per heavy atom. The molecule has 1 aromatic heterocycles. The van der Waals surface area contributed by atoms with E-state index in [1.165, 1.54) is 37.9 Å². The monoisotopic (exact) mass is 235 g/mol.